The lowest BCUT2D eigenvalue weighted by Gasteiger charge is -2.16. The van der Waals surface area contributed by atoms with Crippen LogP contribution in [0, 0.1) is 0 Å². The molecule has 0 saturated carbocycles. The van der Waals surface area contributed by atoms with E-state index in [9.17, 15) is 35.9 Å². The largest absolute Gasteiger partial charge is 0.496 e. The molecule has 3 aromatic carbocycles. The molecule has 0 spiro atoms. The molecule has 0 aliphatic rings. The average molecular weight is 579 g/mol. The summed E-state index contributed by atoms with van der Waals surface area (Å²) in [6, 6.07) is 12.6. The van der Waals surface area contributed by atoms with Gasteiger partial charge in [-0.1, -0.05) is 18.2 Å². The van der Waals surface area contributed by atoms with Crippen LogP contribution < -0.4 is 10.1 Å². The lowest BCUT2D eigenvalue weighted by molar-refractivity contribution is -0.143. The van der Waals surface area contributed by atoms with Gasteiger partial charge in [0, 0.05) is 30.6 Å². The number of benzene rings is 3. The van der Waals surface area contributed by atoms with Crippen LogP contribution in [0.1, 0.15) is 44.9 Å². The number of imidazole rings is 1. The zero-order chi connectivity index (χ0) is 29.9. The van der Waals surface area contributed by atoms with Crippen molar-refractivity contribution in [2.45, 2.75) is 31.7 Å². The van der Waals surface area contributed by atoms with Crippen LogP contribution in [-0.2, 0) is 30.1 Å². The second-order valence-electron chi connectivity index (χ2n) is 9.12. The van der Waals surface area contributed by atoms with E-state index in [4.69, 9.17) is 9.84 Å². The Balaban J connectivity index is 1.81. The Bertz CT molecular complexity index is 1560. The van der Waals surface area contributed by atoms with Gasteiger partial charge >= 0.3 is 18.3 Å². The summed E-state index contributed by atoms with van der Waals surface area (Å²) >= 11 is 0. The number of nitrogens with one attached hydrogen (secondary N) is 1. The predicted molar refractivity (Wildman–Crippen MR) is 136 cm³/mol. The highest BCUT2D eigenvalue weighted by molar-refractivity contribution is 5.97. The van der Waals surface area contributed by atoms with Gasteiger partial charge in [-0.05, 0) is 48.0 Å². The van der Waals surface area contributed by atoms with Crippen LogP contribution >= 0.6 is 0 Å². The number of carboxylic acids is 1. The number of hydrogen-bond acceptors (Lipinski definition) is 4. The zero-order valence-electron chi connectivity index (χ0n) is 21.4. The maximum Gasteiger partial charge on any atom is 0.416 e. The van der Waals surface area contributed by atoms with Gasteiger partial charge in [0.15, 0.2) is 0 Å². The lowest BCUT2D eigenvalue weighted by atomic mass is 10.0. The van der Waals surface area contributed by atoms with Gasteiger partial charge in [-0.15, -0.1) is 0 Å². The van der Waals surface area contributed by atoms with Crippen LogP contribution in [-0.4, -0.2) is 40.2 Å². The number of aliphatic carboxylic acids is 1. The number of amides is 1. The normalized spacial score (nSPS) is 12.0. The summed E-state index contributed by atoms with van der Waals surface area (Å²) < 4.78 is 87.9. The SMILES string of the molecule is COc1ccccc1Cc1nc2cc(C(=O)NCCC(=O)O)ccc2n1Cc1cc(C(F)(F)F)cc(C(F)(F)F)c1. The molecule has 1 amide bonds. The lowest BCUT2D eigenvalue weighted by Crippen LogP contribution is -2.25. The van der Waals surface area contributed by atoms with Crippen molar-refractivity contribution < 1.29 is 45.8 Å². The number of rotatable bonds is 9. The molecule has 0 aliphatic heterocycles. The minimum Gasteiger partial charge on any atom is -0.496 e. The Morgan fingerprint density at radius 1 is 0.951 bits per heavy atom. The van der Waals surface area contributed by atoms with E-state index in [1.165, 1.54) is 29.9 Å². The van der Waals surface area contributed by atoms with Gasteiger partial charge in [0.05, 0.1) is 35.7 Å². The zero-order valence-corrected chi connectivity index (χ0v) is 21.4. The molecule has 2 N–H and O–H groups in total. The summed E-state index contributed by atoms with van der Waals surface area (Å²) in [6.45, 7) is -0.491. The number of aromatic nitrogens is 2. The number of alkyl halides is 6. The smallest absolute Gasteiger partial charge is 0.416 e. The molecule has 216 valence electrons. The predicted octanol–water partition coefficient (Wildman–Crippen LogP) is 5.93. The van der Waals surface area contributed by atoms with Gasteiger partial charge in [0.1, 0.15) is 11.6 Å². The molecule has 0 radical (unpaired) electrons. The molecular weight excluding hydrogens is 556 g/mol. The van der Waals surface area contributed by atoms with Crippen LogP contribution in [0.25, 0.3) is 11.0 Å². The Morgan fingerprint density at radius 3 is 2.22 bits per heavy atom. The highest BCUT2D eigenvalue weighted by Gasteiger charge is 2.37. The molecule has 0 aliphatic carbocycles. The molecule has 0 saturated heterocycles. The van der Waals surface area contributed by atoms with Crippen LogP contribution in [0.4, 0.5) is 26.3 Å². The van der Waals surface area contributed by atoms with E-state index in [0.29, 0.717) is 34.8 Å². The van der Waals surface area contributed by atoms with Crippen molar-refractivity contribution in [3.05, 3.63) is 94.3 Å². The minimum atomic E-state index is -5.00. The molecule has 0 unspecified atom stereocenters. The minimum absolute atomic E-state index is 0.0699. The second kappa shape index (κ2) is 11.5. The van der Waals surface area contributed by atoms with E-state index in [1.54, 1.807) is 24.3 Å². The molecule has 4 rings (SSSR count). The maximum atomic E-state index is 13.5. The topological polar surface area (TPSA) is 93.4 Å². The van der Waals surface area contributed by atoms with Crippen LogP contribution in [0.2, 0.25) is 0 Å². The Hall–Kier alpha value is -4.55. The third-order valence-corrected chi connectivity index (χ3v) is 6.24. The number of carbonyl (C=O) groups excluding carboxylic acids is 1. The first kappa shape index (κ1) is 29.4. The standard InChI is InChI=1S/C28H23F6N3O4/c1-41-23-5-3-2-4-17(23)13-24-36-21-12-18(26(40)35-9-8-25(38)39)6-7-22(21)37(24)15-16-10-19(27(29,30)31)14-20(11-16)28(32,33)34/h2-7,10-12,14H,8-9,13,15H2,1H3,(H,35,40)(H,38,39). The highest BCUT2D eigenvalue weighted by atomic mass is 19.4. The van der Waals surface area contributed by atoms with E-state index < -0.39 is 35.4 Å². The number of para-hydroxylation sites is 1. The third kappa shape index (κ3) is 6.97. The van der Waals surface area contributed by atoms with Crippen LogP contribution in [0.5, 0.6) is 5.75 Å². The van der Waals surface area contributed by atoms with E-state index in [2.05, 4.69) is 10.3 Å². The Kier molecular flexibility index (Phi) is 8.27. The Labute approximate surface area is 229 Å². The molecule has 4 aromatic rings. The number of fused-ring (bicyclic) bond motifs is 1. The first-order valence-corrected chi connectivity index (χ1v) is 12.2. The summed E-state index contributed by atoms with van der Waals surface area (Å²) in [7, 11) is 1.46. The summed E-state index contributed by atoms with van der Waals surface area (Å²) in [5.74, 6) is -0.854. The van der Waals surface area contributed by atoms with Gasteiger partial charge in [-0.2, -0.15) is 26.3 Å². The summed E-state index contributed by atoms with van der Waals surface area (Å²) in [5.41, 5.74) is -1.67. The number of hydrogen-bond donors (Lipinski definition) is 2. The van der Waals surface area contributed by atoms with E-state index in [1.807, 2.05) is 0 Å². The average Bonchev–Trinajstić information content (AvgIpc) is 3.23. The van der Waals surface area contributed by atoms with Crippen LogP contribution in [0.3, 0.4) is 0 Å². The number of carbonyl (C=O) groups is 2. The molecule has 1 aromatic heterocycles. The molecule has 0 atom stereocenters. The summed E-state index contributed by atoms with van der Waals surface area (Å²) in [5, 5.41) is 11.2. The van der Waals surface area contributed by atoms with Crippen molar-refractivity contribution in [2.75, 3.05) is 13.7 Å². The van der Waals surface area contributed by atoms with Gasteiger partial charge in [-0.25, -0.2) is 4.98 Å². The van der Waals surface area contributed by atoms with Gasteiger partial charge in [0.25, 0.3) is 5.91 Å². The second-order valence-corrected chi connectivity index (χ2v) is 9.12. The van der Waals surface area contributed by atoms with Crippen molar-refractivity contribution >= 4 is 22.9 Å². The molecule has 0 fully saturated rings. The van der Waals surface area contributed by atoms with E-state index in [-0.39, 0.29) is 48.6 Å². The third-order valence-electron chi connectivity index (χ3n) is 6.24. The number of halogens is 6. The number of carboxylic acid groups (broad SMARTS) is 1. The first-order chi connectivity index (χ1) is 19.3. The molecule has 7 nitrogen and oxygen atoms in total. The van der Waals surface area contributed by atoms with E-state index >= 15 is 0 Å². The van der Waals surface area contributed by atoms with Crippen LogP contribution in [0.15, 0.2) is 60.7 Å². The van der Waals surface area contributed by atoms with Gasteiger partial charge in [0.2, 0.25) is 0 Å². The number of nitrogens with zero attached hydrogens (tertiary/aromatic N) is 2. The summed E-state index contributed by atoms with van der Waals surface area (Å²) in [6.07, 6.45) is -10.2. The highest BCUT2D eigenvalue weighted by Crippen LogP contribution is 2.37. The maximum absolute atomic E-state index is 13.5. The molecule has 13 heteroatoms. The summed E-state index contributed by atoms with van der Waals surface area (Å²) in [4.78, 5) is 27.8. The number of methoxy groups -OCH3 is 1. The monoisotopic (exact) mass is 579 g/mol. The first-order valence-electron chi connectivity index (χ1n) is 12.2. The van der Waals surface area contributed by atoms with Gasteiger partial charge in [-0.3, -0.25) is 9.59 Å². The van der Waals surface area contributed by atoms with Crippen molar-refractivity contribution in [3.8, 4) is 5.75 Å². The molecular formula is C28H23F6N3O4. The van der Waals surface area contributed by atoms with Crippen molar-refractivity contribution in [3.63, 3.8) is 0 Å². The molecule has 0 bridgehead atoms. The fraction of sp³-hybridized carbons (Fsp3) is 0.250. The van der Waals surface area contributed by atoms with Crippen molar-refractivity contribution in [1.29, 1.82) is 0 Å². The Morgan fingerprint density at radius 2 is 1.61 bits per heavy atom. The quantitative estimate of drug-likeness (QED) is 0.240. The van der Waals surface area contributed by atoms with E-state index in [0.717, 1.165) is 0 Å². The fourth-order valence-electron chi connectivity index (χ4n) is 4.33. The number of ether oxygens (including phenoxy) is 1. The molecule has 1 heterocycles. The van der Waals surface area contributed by atoms with Crippen molar-refractivity contribution in [2.24, 2.45) is 0 Å². The van der Waals surface area contributed by atoms with Gasteiger partial charge < -0.3 is 19.7 Å². The fourth-order valence-corrected chi connectivity index (χ4v) is 4.33. The van der Waals surface area contributed by atoms with Crippen molar-refractivity contribution in [1.82, 2.24) is 14.9 Å². The molecule has 41 heavy (non-hydrogen) atoms.